The zero-order valence-electron chi connectivity index (χ0n) is 16.1. The smallest absolute Gasteiger partial charge is 0.217 e. The number of para-hydroxylation sites is 1. The molecule has 0 aliphatic rings. The lowest BCUT2D eigenvalue weighted by molar-refractivity contribution is -0.617. The van der Waals surface area contributed by atoms with Gasteiger partial charge in [0.05, 0.1) is 10.8 Å². The highest BCUT2D eigenvalue weighted by Gasteiger charge is 2.21. The summed E-state index contributed by atoms with van der Waals surface area (Å²) in [7, 11) is 6.26. The molecule has 0 fully saturated rings. The van der Waals surface area contributed by atoms with Crippen LogP contribution in [-0.2, 0) is 7.05 Å². The van der Waals surface area contributed by atoms with Gasteiger partial charge in [0.2, 0.25) is 11.0 Å². The van der Waals surface area contributed by atoms with Crippen molar-refractivity contribution in [3.05, 3.63) is 72.8 Å². The minimum Gasteiger partial charge on any atom is -0.491 e. The normalized spacial score (nSPS) is 11.4. The fourth-order valence-electron chi connectivity index (χ4n) is 3.66. The molecule has 0 spiro atoms. The molecule has 0 aliphatic carbocycles. The molecule has 0 aliphatic heterocycles. The van der Waals surface area contributed by atoms with Gasteiger partial charge in [0, 0.05) is 24.2 Å². The molecular weight excluding hydrogens is 332 g/mol. The Balaban J connectivity index is 2.04. The number of hydrogen-bond donors (Lipinski definition) is 0. The molecule has 1 heterocycles. The zero-order chi connectivity index (χ0) is 18.8. The van der Waals surface area contributed by atoms with Crippen LogP contribution in [0.5, 0.6) is 5.75 Å². The lowest BCUT2D eigenvalue weighted by Gasteiger charge is -2.16. The van der Waals surface area contributed by atoms with Crippen molar-refractivity contribution >= 4 is 21.8 Å². The lowest BCUT2D eigenvalue weighted by Crippen LogP contribution is -2.30. The van der Waals surface area contributed by atoms with Gasteiger partial charge < -0.3 is 9.64 Å². The van der Waals surface area contributed by atoms with Crippen LogP contribution in [0.1, 0.15) is 0 Å². The molecular formula is C24H25N2O+. The van der Waals surface area contributed by atoms with Crippen molar-refractivity contribution in [3.63, 3.8) is 0 Å². The molecule has 1 aromatic heterocycles. The SMILES string of the molecule is CN(C)CCOc1cccc2c1c(-c1ccccc1)c1ccccc1[n+]2C. The fraction of sp³-hybridized carbons (Fsp3) is 0.208. The highest BCUT2D eigenvalue weighted by Crippen LogP contribution is 2.38. The Morgan fingerprint density at radius 2 is 1.52 bits per heavy atom. The average Bonchev–Trinajstić information content (AvgIpc) is 2.69. The standard InChI is InChI=1S/C24H25N2O/c1-25(2)16-17-27-22-15-9-14-21-24(22)23(18-10-5-4-6-11-18)19-12-7-8-13-20(19)26(21)3/h4-15H,16-17H2,1-3H3/q+1. The van der Waals surface area contributed by atoms with Crippen LogP contribution in [0.15, 0.2) is 72.8 Å². The summed E-state index contributed by atoms with van der Waals surface area (Å²) >= 11 is 0. The molecule has 0 unspecified atom stereocenters. The fourth-order valence-corrected chi connectivity index (χ4v) is 3.66. The van der Waals surface area contributed by atoms with E-state index in [0.717, 1.165) is 12.3 Å². The van der Waals surface area contributed by atoms with Gasteiger partial charge >= 0.3 is 0 Å². The van der Waals surface area contributed by atoms with Gasteiger partial charge in [-0.15, -0.1) is 0 Å². The van der Waals surface area contributed by atoms with Gasteiger partial charge in [-0.05, 0) is 31.8 Å². The summed E-state index contributed by atoms with van der Waals surface area (Å²) in [5, 5.41) is 2.41. The first-order valence-electron chi connectivity index (χ1n) is 9.33. The molecule has 0 atom stereocenters. The van der Waals surface area contributed by atoms with Crippen LogP contribution in [0.3, 0.4) is 0 Å². The predicted molar refractivity (Wildman–Crippen MR) is 112 cm³/mol. The molecule has 0 radical (unpaired) electrons. The van der Waals surface area contributed by atoms with E-state index in [0.29, 0.717) is 6.61 Å². The molecule has 0 saturated carbocycles. The monoisotopic (exact) mass is 357 g/mol. The van der Waals surface area contributed by atoms with E-state index < -0.39 is 0 Å². The van der Waals surface area contributed by atoms with E-state index in [1.54, 1.807) is 0 Å². The maximum atomic E-state index is 6.24. The Labute approximate surface area is 160 Å². The summed E-state index contributed by atoms with van der Waals surface area (Å²) in [6.45, 7) is 1.55. The van der Waals surface area contributed by atoms with Gasteiger partial charge in [-0.1, -0.05) is 48.5 Å². The van der Waals surface area contributed by atoms with Crippen molar-refractivity contribution < 1.29 is 9.30 Å². The minimum atomic E-state index is 0.664. The third-order valence-electron chi connectivity index (χ3n) is 5.01. The summed E-state index contributed by atoms with van der Waals surface area (Å²) < 4.78 is 8.50. The van der Waals surface area contributed by atoms with Crippen molar-refractivity contribution in [3.8, 4) is 16.9 Å². The Morgan fingerprint density at radius 1 is 0.815 bits per heavy atom. The molecule has 0 N–H and O–H groups in total. The van der Waals surface area contributed by atoms with Gasteiger partial charge in [0.25, 0.3) is 0 Å². The van der Waals surface area contributed by atoms with E-state index >= 15 is 0 Å². The second-order valence-corrected chi connectivity index (χ2v) is 7.12. The highest BCUT2D eigenvalue weighted by molar-refractivity contribution is 6.09. The van der Waals surface area contributed by atoms with Crippen LogP contribution in [0.4, 0.5) is 0 Å². The van der Waals surface area contributed by atoms with Crippen molar-refractivity contribution in [2.45, 2.75) is 0 Å². The van der Waals surface area contributed by atoms with E-state index in [1.165, 1.54) is 32.9 Å². The Bertz CT molecular complexity index is 1090. The number of fused-ring (bicyclic) bond motifs is 2. The second kappa shape index (κ2) is 7.37. The van der Waals surface area contributed by atoms with Crippen LogP contribution in [0.25, 0.3) is 32.9 Å². The number of likely N-dealkylation sites (N-methyl/N-ethyl adjacent to an activating group) is 1. The van der Waals surface area contributed by atoms with Gasteiger partial charge in [-0.2, -0.15) is 4.57 Å². The minimum absolute atomic E-state index is 0.664. The third kappa shape index (κ3) is 3.26. The van der Waals surface area contributed by atoms with E-state index in [1.807, 2.05) is 0 Å². The summed E-state index contributed by atoms with van der Waals surface area (Å²) in [6, 6.07) is 25.5. The van der Waals surface area contributed by atoms with Crippen molar-refractivity contribution in [1.29, 1.82) is 0 Å². The predicted octanol–water partition coefficient (Wildman–Crippen LogP) is 4.42. The topological polar surface area (TPSA) is 16.4 Å². The molecule has 136 valence electrons. The van der Waals surface area contributed by atoms with Crippen LogP contribution >= 0.6 is 0 Å². The zero-order valence-corrected chi connectivity index (χ0v) is 16.1. The van der Waals surface area contributed by atoms with E-state index in [9.17, 15) is 0 Å². The van der Waals surface area contributed by atoms with E-state index in [2.05, 4.69) is 103 Å². The van der Waals surface area contributed by atoms with E-state index in [4.69, 9.17) is 4.74 Å². The first-order valence-corrected chi connectivity index (χ1v) is 9.33. The van der Waals surface area contributed by atoms with Crippen LogP contribution in [0, 0.1) is 0 Å². The van der Waals surface area contributed by atoms with Crippen LogP contribution < -0.4 is 9.30 Å². The van der Waals surface area contributed by atoms with Gasteiger partial charge in [-0.3, -0.25) is 0 Å². The van der Waals surface area contributed by atoms with Crippen molar-refractivity contribution in [2.24, 2.45) is 7.05 Å². The Morgan fingerprint density at radius 3 is 2.30 bits per heavy atom. The van der Waals surface area contributed by atoms with Gasteiger partial charge in [0.15, 0.2) is 0 Å². The summed E-state index contributed by atoms with van der Waals surface area (Å²) in [6.07, 6.45) is 0. The summed E-state index contributed by atoms with van der Waals surface area (Å²) in [5.41, 5.74) is 4.84. The average molecular weight is 357 g/mol. The molecule has 3 aromatic carbocycles. The van der Waals surface area contributed by atoms with Gasteiger partial charge in [-0.25, -0.2) is 0 Å². The number of hydrogen-bond acceptors (Lipinski definition) is 2. The van der Waals surface area contributed by atoms with Crippen molar-refractivity contribution in [2.75, 3.05) is 27.2 Å². The van der Waals surface area contributed by atoms with Crippen LogP contribution in [-0.4, -0.2) is 32.1 Å². The molecule has 4 rings (SSSR count). The molecule has 0 amide bonds. The molecule has 27 heavy (non-hydrogen) atoms. The maximum absolute atomic E-state index is 6.24. The Kier molecular flexibility index (Phi) is 4.78. The largest absolute Gasteiger partial charge is 0.491 e. The number of aromatic nitrogens is 1. The Hall–Kier alpha value is -2.91. The highest BCUT2D eigenvalue weighted by atomic mass is 16.5. The van der Waals surface area contributed by atoms with Crippen molar-refractivity contribution in [1.82, 2.24) is 4.90 Å². The van der Waals surface area contributed by atoms with Gasteiger partial charge in [0.1, 0.15) is 19.4 Å². The number of ether oxygens (including phenoxy) is 1. The molecule has 0 bridgehead atoms. The number of benzene rings is 3. The second-order valence-electron chi connectivity index (χ2n) is 7.12. The van der Waals surface area contributed by atoms with E-state index in [-0.39, 0.29) is 0 Å². The molecule has 4 aromatic rings. The summed E-state index contributed by atoms with van der Waals surface area (Å²) in [4.78, 5) is 2.14. The number of rotatable bonds is 5. The lowest BCUT2D eigenvalue weighted by atomic mass is 9.95. The number of aryl methyl sites for hydroxylation is 1. The summed E-state index contributed by atoms with van der Waals surface area (Å²) in [5.74, 6) is 0.939. The molecule has 3 heteroatoms. The number of pyridine rings is 1. The first kappa shape index (κ1) is 17.5. The quantitative estimate of drug-likeness (QED) is 0.388. The molecule has 3 nitrogen and oxygen atoms in total. The maximum Gasteiger partial charge on any atom is 0.217 e. The third-order valence-corrected chi connectivity index (χ3v) is 5.01. The first-order chi connectivity index (χ1) is 13.2. The number of nitrogens with zero attached hydrogens (tertiary/aromatic N) is 2. The molecule has 0 saturated heterocycles. The van der Waals surface area contributed by atoms with Crippen LogP contribution in [0.2, 0.25) is 0 Å².